The van der Waals surface area contributed by atoms with Crippen LogP contribution in [0.1, 0.15) is 63.5 Å². The van der Waals surface area contributed by atoms with Gasteiger partial charge in [-0.2, -0.15) is 5.10 Å². The van der Waals surface area contributed by atoms with Crippen LogP contribution in [0.2, 0.25) is 0 Å². The number of fused-ring (bicyclic) bond motifs is 1. The number of rotatable bonds is 9. The highest BCUT2D eigenvalue weighted by atomic mass is 16.5. The van der Waals surface area contributed by atoms with Crippen LogP contribution in [0.5, 0.6) is 0 Å². The first-order chi connectivity index (χ1) is 18.8. The molecule has 208 valence electrons. The maximum absolute atomic E-state index is 13.1. The van der Waals surface area contributed by atoms with Gasteiger partial charge in [-0.15, -0.1) is 0 Å². The lowest BCUT2D eigenvalue weighted by atomic mass is 9.88. The minimum Gasteiger partial charge on any atom is -0.383 e. The molecule has 3 aromatic rings. The molecule has 3 heterocycles. The van der Waals surface area contributed by atoms with Crippen molar-refractivity contribution in [2.24, 2.45) is 0 Å². The fourth-order valence-electron chi connectivity index (χ4n) is 5.45. The number of nitrogens with zero attached hydrogens (tertiary/aromatic N) is 5. The van der Waals surface area contributed by atoms with Gasteiger partial charge in [0.15, 0.2) is 0 Å². The fourth-order valence-corrected chi connectivity index (χ4v) is 5.45. The van der Waals surface area contributed by atoms with Gasteiger partial charge in [-0.1, -0.05) is 18.6 Å². The second-order valence-electron chi connectivity index (χ2n) is 11.6. The van der Waals surface area contributed by atoms with Crippen LogP contribution in [0.15, 0.2) is 42.9 Å². The first-order valence-corrected chi connectivity index (χ1v) is 14.0. The van der Waals surface area contributed by atoms with Gasteiger partial charge in [-0.3, -0.25) is 9.48 Å². The zero-order chi connectivity index (χ0) is 27.4. The van der Waals surface area contributed by atoms with Crippen molar-refractivity contribution in [3.8, 4) is 11.3 Å². The zero-order valence-corrected chi connectivity index (χ0v) is 23.5. The SMILES string of the molecule is COCCn1cc(Nc2nccc(-c3ccc4c(c3)CCCCC4CC(=O)N3CC(OC(C)(C)C)C3)n2)cn1. The number of nitrogens with one attached hydrogen (secondary N) is 1. The van der Waals surface area contributed by atoms with Crippen molar-refractivity contribution < 1.29 is 14.3 Å². The highest BCUT2D eigenvalue weighted by Gasteiger charge is 2.35. The van der Waals surface area contributed by atoms with Crippen LogP contribution in [0.4, 0.5) is 11.6 Å². The fraction of sp³-hybridized carbons (Fsp3) is 0.533. The van der Waals surface area contributed by atoms with Gasteiger partial charge >= 0.3 is 0 Å². The third-order valence-corrected chi connectivity index (χ3v) is 7.34. The standard InChI is InChI=1S/C30H40N6O3/c1-30(2,3)39-25-19-35(20-25)28(37)16-22-8-6-5-7-21-15-23(9-10-26(21)22)27-11-12-31-29(34-27)33-24-17-32-36(18-24)13-14-38-4/h9-12,15,17-18,22,25H,5-8,13-14,16,19-20H2,1-4H3,(H,31,33,34). The molecule has 1 aliphatic heterocycles. The van der Waals surface area contributed by atoms with E-state index >= 15 is 0 Å². The van der Waals surface area contributed by atoms with E-state index in [1.807, 2.05) is 21.8 Å². The summed E-state index contributed by atoms with van der Waals surface area (Å²) in [5.74, 6) is 1.02. The van der Waals surface area contributed by atoms with Gasteiger partial charge in [-0.05, 0) is 69.2 Å². The number of ether oxygens (including phenoxy) is 2. The molecule has 5 rings (SSSR count). The summed E-state index contributed by atoms with van der Waals surface area (Å²) in [6.07, 6.45) is 10.5. The predicted octanol–water partition coefficient (Wildman–Crippen LogP) is 4.96. The number of benzene rings is 1. The van der Waals surface area contributed by atoms with E-state index in [9.17, 15) is 4.79 Å². The minimum atomic E-state index is -0.175. The average Bonchev–Trinajstić information content (AvgIpc) is 3.23. The van der Waals surface area contributed by atoms with Crippen molar-refractivity contribution in [2.45, 2.75) is 77.0 Å². The molecule has 2 aliphatic rings. The number of methoxy groups -OCH3 is 1. The van der Waals surface area contributed by atoms with E-state index in [2.05, 4.69) is 54.4 Å². The highest BCUT2D eigenvalue weighted by molar-refractivity contribution is 5.78. The molecular weight excluding hydrogens is 492 g/mol. The first kappa shape index (κ1) is 27.3. The van der Waals surface area contributed by atoms with E-state index in [0.717, 1.165) is 42.6 Å². The maximum atomic E-state index is 13.1. The van der Waals surface area contributed by atoms with Gasteiger partial charge in [0.25, 0.3) is 0 Å². The maximum Gasteiger partial charge on any atom is 0.227 e. The van der Waals surface area contributed by atoms with Crippen molar-refractivity contribution in [1.29, 1.82) is 0 Å². The van der Waals surface area contributed by atoms with Crippen molar-refractivity contribution in [1.82, 2.24) is 24.6 Å². The van der Waals surface area contributed by atoms with Crippen molar-refractivity contribution >= 4 is 17.5 Å². The van der Waals surface area contributed by atoms with Crippen molar-refractivity contribution in [3.63, 3.8) is 0 Å². The molecule has 2 aromatic heterocycles. The Morgan fingerprint density at radius 3 is 2.82 bits per heavy atom. The normalized spacial score (nSPS) is 17.8. The second-order valence-corrected chi connectivity index (χ2v) is 11.6. The van der Waals surface area contributed by atoms with Crippen LogP contribution < -0.4 is 5.32 Å². The summed E-state index contributed by atoms with van der Waals surface area (Å²) in [5.41, 5.74) is 5.22. The third kappa shape index (κ3) is 7.02. The first-order valence-electron chi connectivity index (χ1n) is 14.0. The van der Waals surface area contributed by atoms with Crippen molar-refractivity contribution in [2.75, 3.05) is 32.1 Å². The number of carbonyl (C=O) groups excluding carboxylic acids is 1. The molecule has 1 fully saturated rings. The Morgan fingerprint density at radius 2 is 2.03 bits per heavy atom. The summed E-state index contributed by atoms with van der Waals surface area (Å²) in [6.45, 7) is 8.88. The lowest BCUT2D eigenvalue weighted by Crippen LogP contribution is -2.56. The summed E-state index contributed by atoms with van der Waals surface area (Å²) in [5, 5.41) is 7.59. The van der Waals surface area contributed by atoms with Crippen LogP contribution in [0.3, 0.4) is 0 Å². The number of hydrogen-bond donors (Lipinski definition) is 1. The predicted molar refractivity (Wildman–Crippen MR) is 151 cm³/mol. The molecule has 9 nitrogen and oxygen atoms in total. The Labute approximate surface area is 230 Å². The molecule has 1 unspecified atom stereocenters. The average molecular weight is 533 g/mol. The molecule has 1 N–H and O–H groups in total. The second kappa shape index (κ2) is 11.8. The van der Waals surface area contributed by atoms with Gasteiger partial charge in [-0.25, -0.2) is 9.97 Å². The Kier molecular flexibility index (Phi) is 8.28. The molecule has 1 atom stereocenters. The topological polar surface area (TPSA) is 94.4 Å². The molecule has 39 heavy (non-hydrogen) atoms. The summed E-state index contributed by atoms with van der Waals surface area (Å²) in [4.78, 5) is 24.2. The summed E-state index contributed by atoms with van der Waals surface area (Å²) < 4.78 is 13.0. The lowest BCUT2D eigenvalue weighted by molar-refractivity contribution is -0.157. The van der Waals surface area contributed by atoms with Crippen LogP contribution in [-0.4, -0.2) is 69.1 Å². The smallest absolute Gasteiger partial charge is 0.227 e. The van der Waals surface area contributed by atoms with Gasteiger partial charge in [0, 0.05) is 44.6 Å². The third-order valence-electron chi connectivity index (χ3n) is 7.34. The van der Waals surface area contributed by atoms with Crippen LogP contribution in [0, 0.1) is 0 Å². The monoisotopic (exact) mass is 532 g/mol. The molecule has 1 aliphatic carbocycles. The van der Waals surface area contributed by atoms with Crippen molar-refractivity contribution in [3.05, 3.63) is 54.0 Å². The molecule has 0 radical (unpaired) electrons. The Bertz CT molecular complexity index is 1280. The number of carbonyl (C=O) groups is 1. The Balaban J connectivity index is 1.25. The lowest BCUT2D eigenvalue weighted by Gasteiger charge is -2.42. The molecule has 0 spiro atoms. The highest BCUT2D eigenvalue weighted by Crippen LogP contribution is 2.36. The van der Waals surface area contributed by atoms with E-state index < -0.39 is 0 Å². The zero-order valence-electron chi connectivity index (χ0n) is 23.5. The van der Waals surface area contributed by atoms with Crippen LogP contribution in [-0.2, 0) is 27.2 Å². The van der Waals surface area contributed by atoms with E-state index in [1.54, 1.807) is 19.5 Å². The number of aryl methyl sites for hydroxylation is 1. The molecular formula is C30H40N6O3. The summed E-state index contributed by atoms with van der Waals surface area (Å²) in [6, 6.07) is 8.54. The summed E-state index contributed by atoms with van der Waals surface area (Å²) >= 11 is 0. The molecule has 0 saturated carbocycles. The van der Waals surface area contributed by atoms with E-state index in [0.29, 0.717) is 38.6 Å². The van der Waals surface area contributed by atoms with E-state index in [4.69, 9.17) is 14.5 Å². The molecule has 1 saturated heterocycles. The number of likely N-dealkylation sites (tertiary alicyclic amines) is 1. The Hall–Kier alpha value is -3.30. The minimum absolute atomic E-state index is 0.150. The molecule has 1 amide bonds. The number of amides is 1. The number of hydrogen-bond acceptors (Lipinski definition) is 7. The molecule has 0 bridgehead atoms. The quantitative estimate of drug-likeness (QED) is 0.390. The summed E-state index contributed by atoms with van der Waals surface area (Å²) in [7, 11) is 1.68. The van der Waals surface area contributed by atoms with Crippen LogP contribution in [0.25, 0.3) is 11.3 Å². The van der Waals surface area contributed by atoms with Gasteiger partial charge < -0.3 is 19.7 Å². The molecule has 1 aromatic carbocycles. The Morgan fingerprint density at radius 1 is 1.18 bits per heavy atom. The largest absolute Gasteiger partial charge is 0.383 e. The van der Waals surface area contributed by atoms with Gasteiger partial charge in [0.05, 0.1) is 42.4 Å². The number of aromatic nitrogens is 4. The van der Waals surface area contributed by atoms with E-state index in [1.165, 1.54) is 11.1 Å². The molecule has 9 heteroatoms. The van der Waals surface area contributed by atoms with Gasteiger partial charge in [0.2, 0.25) is 11.9 Å². The number of anilines is 2. The van der Waals surface area contributed by atoms with E-state index in [-0.39, 0.29) is 23.5 Å². The van der Waals surface area contributed by atoms with Gasteiger partial charge in [0.1, 0.15) is 0 Å². The van der Waals surface area contributed by atoms with Crippen LogP contribution >= 0.6 is 0 Å².